The van der Waals surface area contributed by atoms with Crippen molar-refractivity contribution >= 4 is 5.82 Å². The summed E-state index contributed by atoms with van der Waals surface area (Å²) in [5, 5.41) is 28.2. The molecule has 0 aromatic carbocycles. The van der Waals surface area contributed by atoms with Gasteiger partial charge in [-0.15, -0.1) is 13.2 Å². The molecule has 0 saturated heterocycles. The molecule has 17 heavy (non-hydrogen) atoms. The molecule has 7 nitrogen and oxygen atoms in total. The molecule has 0 atom stereocenters. The summed E-state index contributed by atoms with van der Waals surface area (Å²) in [6.07, 6.45) is -5.13. The van der Waals surface area contributed by atoms with Crippen LogP contribution in [0.5, 0.6) is 11.5 Å². The Morgan fingerprint density at radius 3 is 2.53 bits per heavy atom. The number of nitro groups is 1. The van der Waals surface area contributed by atoms with Crippen LogP contribution >= 0.6 is 0 Å². The van der Waals surface area contributed by atoms with Crippen molar-refractivity contribution < 1.29 is 33.0 Å². The van der Waals surface area contributed by atoms with Crippen molar-refractivity contribution in [2.24, 2.45) is 0 Å². The first-order valence-electron chi connectivity index (χ1n) is 3.98. The summed E-state index contributed by atoms with van der Waals surface area (Å²) >= 11 is 0. The molecule has 0 aliphatic rings. The quantitative estimate of drug-likeness (QED) is 0.617. The Bertz CT molecular complexity index is 448. The van der Waals surface area contributed by atoms with Gasteiger partial charge in [0.2, 0.25) is 0 Å². The van der Waals surface area contributed by atoms with E-state index in [4.69, 9.17) is 10.2 Å². The van der Waals surface area contributed by atoms with Crippen LogP contribution in [0.3, 0.4) is 0 Å². The molecular weight excluding hydrogens is 249 g/mol. The molecule has 1 aromatic rings. The second kappa shape index (κ2) is 4.41. The average Bonchev–Trinajstić information content (AvgIpc) is 2.18. The zero-order valence-electron chi connectivity index (χ0n) is 7.93. The zero-order valence-corrected chi connectivity index (χ0v) is 7.93. The Hall–Kier alpha value is -2.10. The van der Waals surface area contributed by atoms with Crippen LogP contribution in [0.2, 0.25) is 0 Å². The number of pyridine rings is 1. The number of aliphatic hydroxyl groups excluding tert-OH is 1. The number of rotatable bonds is 3. The molecule has 1 heterocycles. The largest absolute Gasteiger partial charge is 0.573 e. The smallest absolute Gasteiger partial charge is 0.498 e. The molecule has 0 amide bonds. The van der Waals surface area contributed by atoms with E-state index in [1.807, 2.05) is 0 Å². The van der Waals surface area contributed by atoms with E-state index < -0.39 is 40.9 Å². The summed E-state index contributed by atoms with van der Waals surface area (Å²) in [5.74, 6) is -3.77. The van der Waals surface area contributed by atoms with E-state index in [2.05, 4.69) is 9.72 Å². The fourth-order valence-electron chi connectivity index (χ4n) is 0.962. The highest BCUT2D eigenvalue weighted by atomic mass is 19.4. The van der Waals surface area contributed by atoms with Gasteiger partial charge in [0, 0.05) is 6.07 Å². The van der Waals surface area contributed by atoms with Crippen LogP contribution in [0.15, 0.2) is 6.07 Å². The van der Waals surface area contributed by atoms with Crippen LogP contribution in [0.25, 0.3) is 0 Å². The number of nitrogens with zero attached hydrogens (tertiary/aromatic N) is 2. The number of ether oxygens (including phenoxy) is 1. The lowest BCUT2D eigenvalue weighted by Gasteiger charge is -2.10. The van der Waals surface area contributed by atoms with Gasteiger partial charge in [0.25, 0.3) is 5.75 Å². The van der Waals surface area contributed by atoms with Crippen molar-refractivity contribution in [2.45, 2.75) is 13.0 Å². The maximum atomic E-state index is 11.9. The van der Waals surface area contributed by atoms with Crippen molar-refractivity contribution in [3.8, 4) is 11.5 Å². The molecule has 0 unspecified atom stereocenters. The van der Waals surface area contributed by atoms with Crippen molar-refractivity contribution in [1.82, 2.24) is 4.98 Å². The van der Waals surface area contributed by atoms with E-state index >= 15 is 0 Å². The van der Waals surface area contributed by atoms with Crippen LogP contribution in [0.4, 0.5) is 19.0 Å². The molecule has 0 aliphatic carbocycles. The van der Waals surface area contributed by atoms with Gasteiger partial charge in [-0.25, -0.2) is 0 Å². The summed E-state index contributed by atoms with van der Waals surface area (Å²) < 4.78 is 39.1. The number of alkyl halides is 3. The fraction of sp³-hybridized carbons (Fsp3) is 0.286. The average molecular weight is 254 g/mol. The highest BCUT2D eigenvalue weighted by Crippen LogP contribution is 2.37. The predicted molar refractivity (Wildman–Crippen MR) is 45.2 cm³/mol. The van der Waals surface area contributed by atoms with Gasteiger partial charge < -0.3 is 25.1 Å². The lowest BCUT2D eigenvalue weighted by molar-refractivity contribution is -0.391. The Morgan fingerprint density at radius 1 is 1.53 bits per heavy atom. The molecule has 1 aromatic heterocycles. The summed E-state index contributed by atoms with van der Waals surface area (Å²) in [4.78, 5) is 12.3. The number of aliphatic hydroxyl groups is 1. The van der Waals surface area contributed by atoms with E-state index in [0.29, 0.717) is 6.07 Å². The molecular formula is C7H5F3N2O5. The first-order chi connectivity index (χ1) is 7.74. The molecule has 0 radical (unpaired) electrons. The number of aromatic hydroxyl groups is 1. The Morgan fingerprint density at radius 2 is 2.12 bits per heavy atom. The van der Waals surface area contributed by atoms with Gasteiger partial charge in [-0.3, -0.25) is 0 Å². The molecule has 0 spiro atoms. The fourth-order valence-corrected chi connectivity index (χ4v) is 0.962. The van der Waals surface area contributed by atoms with Gasteiger partial charge in [-0.05, 0) is 9.91 Å². The third-order valence-electron chi connectivity index (χ3n) is 1.55. The minimum atomic E-state index is -5.13. The summed E-state index contributed by atoms with van der Waals surface area (Å²) in [6.45, 7) is -0.838. The number of hydrogen-bond donors (Lipinski definition) is 2. The normalized spacial score (nSPS) is 11.3. The topological polar surface area (TPSA) is 106 Å². The summed E-state index contributed by atoms with van der Waals surface area (Å²) in [6, 6.07) is 0.551. The highest BCUT2D eigenvalue weighted by Gasteiger charge is 2.35. The standard InChI is InChI=1S/C7H5F3N2O5/c8-7(9,10)17-4-1-3(2-13)11-6(5(4)14)12(15)16/h1,13-14H,2H2. The lowest BCUT2D eigenvalue weighted by atomic mass is 10.3. The van der Waals surface area contributed by atoms with Crippen LogP contribution in [0, 0.1) is 10.1 Å². The van der Waals surface area contributed by atoms with Crippen molar-refractivity contribution in [3.63, 3.8) is 0 Å². The van der Waals surface area contributed by atoms with Crippen molar-refractivity contribution in [2.75, 3.05) is 0 Å². The Balaban J connectivity index is 3.29. The maximum absolute atomic E-state index is 11.9. The van der Waals surface area contributed by atoms with Crippen LogP contribution < -0.4 is 4.74 Å². The molecule has 10 heteroatoms. The van der Waals surface area contributed by atoms with Crippen LogP contribution in [-0.4, -0.2) is 26.5 Å². The summed E-state index contributed by atoms with van der Waals surface area (Å²) in [7, 11) is 0. The van der Waals surface area contributed by atoms with E-state index in [1.165, 1.54) is 0 Å². The molecule has 0 bridgehead atoms. The van der Waals surface area contributed by atoms with E-state index in [0.717, 1.165) is 0 Å². The van der Waals surface area contributed by atoms with Gasteiger partial charge in [0.05, 0.1) is 0 Å². The minimum absolute atomic E-state index is 0.436. The number of halogens is 3. The number of hydrogen-bond acceptors (Lipinski definition) is 6. The van der Waals surface area contributed by atoms with Gasteiger partial charge in [0.1, 0.15) is 6.61 Å². The SMILES string of the molecule is O=[N+]([O-])c1nc(CO)cc(OC(F)(F)F)c1O. The first-order valence-corrected chi connectivity index (χ1v) is 3.98. The Kier molecular flexibility index (Phi) is 3.36. The highest BCUT2D eigenvalue weighted by molar-refractivity contribution is 5.51. The second-order valence-corrected chi connectivity index (χ2v) is 2.75. The third kappa shape index (κ3) is 3.17. The zero-order chi connectivity index (χ0) is 13.2. The predicted octanol–water partition coefficient (Wildman–Crippen LogP) is 1.09. The monoisotopic (exact) mass is 254 g/mol. The van der Waals surface area contributed by atoms with Gasteiger partial charge in [-0.1, -0.05) is 0 Å². The van der Waals surface area contributed by atoms with Gasteiger partial charge >= 0.3 is 12.2 Å². The molecule has 1 rings (SSSR count). The maximum Gasteiger partial charge on any atom is 0.573 e. The lowest BCUT2D eigenvalue weighted by Crippen LogP contribution is -2.17. The second-order valence-electron chi connectivity index (χ2n) is 2.75. The van der Waals surface area contributed by atoms with Crippen molar-refractivity contribution in [1.29, 1.82) is 0 Å². The van der Waals surface area contributed by atoms with Gasteiger partial charge in [-0.2, -0.15) is 0 Å². The van der Waals surface area contributed by atoms with Crippen molar-refractivity contribution in [3.05, 3.63) is 21.9 Å². The van der Waals surface area contributed by atoms with E-state index in [1.54, 1.807) is 0 Å². The van der Waals surface area contributed by atoms with Gasteiger partial charge in [0.15, 0.2) is 11.4 Å². The molecule has 0 fully saturated rings. The molecule has 0 aliphatic heterocycles. The number of aromatic nitrogens is 1. The molecule has 0 saturated carbocycles. The van der Waals surface area contributed by atoms with E-state index in [-0.39, 0.29) is 0 Å². The first kappa shape index (κ1) is 13.0. The van der Waals surface area contributed by atoms with E-state index in [9.17, 15) is 23.3 Å². The minimum Gasteiger partial charge on any atom is -0.498 e. The molecule has 2 N–H and O–H groups in total. The summed E-state index contributed by atoms with van der Waals surface area (Å²) in [5.41, 5.74) is -0.436. The van der Waals surface area contributed by atoms with Crippen LogP contribution in [0.1, 0.15) is 5.69 Å². The molecule has 94 valence electrons. The third-order valence-corrected chi connectivity index (χ3v) is 1.55. The van der Waals surface area contributed by atoms with Crippen LogP contribution in [-0.2, 0) is 6.61 Å². The Labute approximate surface area is 91.2 Å².